The van der Waals surface area contributed by atoms with Crippen LogP contribution in [0.2, 0.25) is 0 Å². The summed E-state index contributed by atoms with van der Waals surface area (Å²) in [5.74, 6) is 0.819. The molecule has 8 heteroatoms. The fourth-order valence-electron chi connectivity index (χ4n) is 2.07. The number of nitrogens with zero attached hydrogens (tertiary/aromatic N) is 2. The Kier molecular flexibility index (Phi) is 5.30. The number of hydrogen-bond donors (Lipinski definition) is 0. The third-order valence-corrected chi connectivity index (χ3v) is 4.54. The van der Waals surface area contributed by atoms with E-state index in [2.05, 4.69) is 0 Å². The van der Waals surface area contributed by atoms with Crippen LogP contribution < -0.4 is 4.74 Å². The summed E-state index contributed by atoms with van der Waals surface area (Å²) in [6, 6.07) is 4.81. The lowest BCUT2D eigenvalue weighted by Gasteiger charge is -2.22. The van der Waals surface area contributed by atoms with Gasteiger partial charge in [-0.15, -0.1) is 23.4 Å². The van der Waals surface area contributed by atoms with Crippen molar-refractivity contribution in [3.8, 4) is 5.75 Å². The van der Waals surface area contributed by atoms with Gasteiger partial charge in [-0.05, 0) is 18.6 Å². The minimum atomic E-state index is -0.466. The van der Waals surface area contributed by atoms with E-state index in [1.165, 1.54) is 6.07 Å². The number of carbonyl (C=O) groups is 1. The number of aryl methyl sites for hydroxylation is 1. The van der Waals surface area contributed by atoms with Crippen LogP contribution >= 0.6 is 23.4 Å². The molecular formula is C13H15ClN2O4S. The molecule has 0 radical (unpaired) electrons. The lowest BCUT2D eigenvalue weighted by molar-refractivity contribution is -0.385. The van der Waals surface area contributed by atoms with E-state index in [4.69, 9.17) is 16.3 Å². The van der Waals surface area contributed by atoms with Crippen molar-refractivity contribution in [2.45, 2.75) is 12.3 Å². The van der Waals surface area contributed by atoms with Crippen LogP contribution in [0.25, 0.3) is 0 Å². The number of thioether (sulfide) groups is 1. The number of nitro benzene ring substituents is 1. The van der Waals surface area contributed by atoms with Crippen LogP contribution in [0.5, 0.6) is 5.75 Å². The molecular weight excluding hydrogens is 316 g/mol. The summed E-state index contributed by atoms with van der Waals surface area (Å²) >= 11 is 7.15. The van der Waals surface area contributed by atoms with Crippen LogP contribution in [-0.2, 0) is 4.79 Å². The molecule has 0 aliphatic carbocycles. The van der Waals surface area contributed by atoms with Gasteiger partial charge in [0.15, 0.2) is 5.75 Å². The van der Waals surface area contributed by atoms with E-state index < -0.39 is 4.92 Å². The highest BCUT2D eigenvalue weighted by Crippen LogP contribution is 2.30. The van der Waals surface area contributed by atoms with Gasteiger partial charge in [-0.3, -0.25) is 14.9 Å². The standard InChI is InChI=1S/C13H15ClN2O4S/c1-9-2-3-11(10(6-9)16(18)19)20-8-13-15(4-5-21-13)12(17)7-14/h2-3,6,13H,4-5,7-8H2,1H3. The number of amides is 1. The second-order valence-electron chi connectivity index (χ2n) is 4.59. The molecule has 0 saturated carbocycles. The molecule has 0 bridgehead atoms. The summed E-state index contributed by atoms with van der Waals surface area (Å²) < 4.78 is 5.56. The van der Waals surface area contributed by atoms with Crippen molar-refractivity contribution in [3.63, 3.8) is 0 Å². The van der Waals surface area contributed by atoms with Gasteiger partial charge >= 0.3 is 5.69 Å². The Hall–Kier alpha value is -1.47. The van der Waals surface area contributed by atoms with Gasteiger partial charge < -0.3 is 9.64 Å². The summed E-state index contributed by atoms with van der Waals surface area (Å²) in [7, 11) is 0. The molecule has 1 unspecified atom stereocenters. The van der Waals surface area contributed by atoms with Crippen LogP contribution in [0.1, 0.15) is 5.56 Å². The Morgan fingerprint density at radius 3 is 3.05 bits per heavy atom. The largest absolute Gasteiger partial charge is 0.484 e. The van der Waals surface area contributed by atoms with Gasteiger partial charge in [-0.25, -0.2) is 0 Å². The highest BCUT2D eigenvalue weighted by atomic mass is 35.5. The molecule has 1 aromatic rings. The average molecular weight is 331 g/mol. The lowest BCUT2D eigenvalue weighted by Crippen LogP contribution is -2.38. The molecule has 1 saturated heterocycles. The highest BCUT2D eigenvalue weighted by Gasteiger charge is 2.30. The minimum absolute atomic E-state index is 0.0618. The molecule has 0 spiro atoms. The smallest absolute Gasteiger partial charge is 0.311 e. The third kappa shape index (κ3) is 3.79. The predicted molar refractivity (Wildman–Crippen MR) is 82.0 cm³/mol. The summed E-state index contributed by atoms with van der Waals surface area (Å²) in [6.07, 6.45) is 0. The molecule has 6 nitrogen and oxygen atoms in total. The molecule has 21 heavy (non-hydrogen) atoms. The summed E-state index contributed by atoms with van der Waals surface area (Å²) in [4.78, 5) is 23.9. The van der Waals surface area contributed by atoms with E-state index in [1.807, 2.05) is 0 Å². The molecule has 0 N–H and O–H groups in total. The van der Waals surface area contributed by atoms with Gasteiger partial charge in [0.25, 0.3) is 0 Å². The van der Waals surface area contributed by atoms with Crippen LogP contribution in [0.3, 0.4) is 0 Å². The Morgan fingerprint density at radius 2 is 2.38 bits per heavy atom. The van der Waals surface area contributed by atoms with Crippen molar-refractivity contribution in [1.82, 2.24) is 4.90 Å². The number of carbonyl (C=O) groups excluding carboxylic acids is 1. The molecule has 1 atom stereocenters. The number of benzene rings is 1. The predicted octanol–water partition coefficient (Wildman–Crippen LogP) is 2.42. The zero-order valence-corrected chi connectivity index (χ0v) is 13.0. The molecule has 114 valence electrons. The van der Waals surface area contributed by atoms with Gasteiger partial charge in [0.2, 0.25) is 5.91 Å². The third-order valence-electron chi connectivity index (χ3n) is 3.12. The molecule has 1 aromatic carbocycles. The van der Waals surface area contributed by atoms with Crippen molar-refractivity contribution in [3.05, 3.63) is 33.9 Å². The van der Waals surface area contributed by atoms with Gasteiger partial charge in [0.05, 0.1) is 4.92 Å². The summed E-state index contributed by atoms with van der Waals surface area (Å²) in [5.41, 5.74) is 0.733. The second-order valence-corrected chi connectivity index (χ2v) is 6.14. The Bertz CT molecular complexity index is 555. The van der Waals surface area contributed by atoms with Crippen molar-refractivity contribution in [2.75, 3.05) is 24.8 Å². The summed E-state index contributed by atoms with van der Waals surface area (Å²) in [5, 5.41) is 10.9. The maximum absolute atomic E-state index is 11.7. The van der Waals surface area contributed by atoms with Crippen LogP contribution in [0.4, 0.5) is 5.69 Å². The SMILES string of the molecule is Cc1ccc(OCC2SCCN2C(=O)CCl)c([N+](=O)[O-])c1. The number of hydrogen-bond acceptors (Lipinski definition) is 5. The Morgan fingerprint density at radius 1 is 1.62 bits per heavy atom. The minimum Gasteiger partial charge on any atom is -0.484 e. The average Bonchev–Trinajstić information content (AvgIpc) is 2.93. The number of nitro groups is 1. The normalized spacial score (nSPS) is 17.8. The van der Waals surface area contributed by atoms with E-state index in [0.717, 1.165) is 11.3 Å². The van der Waals surface area contributed by atoms with E-state index in [0.29, 0.717) is 6.54 Å². The molecule has 1 heterocycles. The summed E-state index contributed by atoms with van der Waals surface area (Å²) in [6.45, 7) is 2.61. The van der Waals surface area contributed by atoms with Crippen LogP contribution in [0, 0.1) is 17.0 Å². The zero-order valence-electron chi connectivity index (χ0n) is 11.5. The maximum atomic E-state index is 11.7. The molecule has 1 fully saturated rings. The van der Waals surface area contributed by atoms with Crippen molar-refractivity contribution < 1.29 is 14.5 Å². The number of rotatable bonds is 5. The highest BCUT2D eigenvalue weighted by molar-refractivity contribution is 8.00. The van der Waals surface area contributed by atoms with E-state index in [1.54, 1.807) is 35.7 Å². The van der Waals surface area contributed by atoms with Gasteiger partial charge in [-0.1, -0.05) is 6.07 Å². The first kappa shape index (κ1) is 15.9. The molecule has 1 aliphatic heterocycles. The first-order valence-corrected chi connectivity index (χ1v) is 7.96. The molecule has 1 amide bonds. The first-order chi connectivity index (χ1) is 10.0. The maximum Gasteiger partial charge on any atom is 0.311 e. The first-order valence-electron chi connectivity index (χ1n) is 6.38. The van der Waals surface area contributed by atoms with E-state index in [-0.39, 0.29) is 35.2 Å². The number of halogens is 1. The fourth-order valence-corrected chi connectivity index (χ4v) is 3.37. The lowest BCUT2D eigenvalue weighted by atomic mass is 10.2. The molecule has 0 aromatic heterocycles. The molecule has 1 aliphatic rings. The van der Waals surface area contributed by atoms with Crippen molar-refractivity contribution in [2.24, 2.45) is 0 Å². The van der Waals surface area contributed by atoms with Crippen molar-refractivity contribution >= 4 is 35.0 Å². The van der Waals surface area contributed by atoms with Crippen LogP contribution in [-0.4, -0.2) is 45.9 Å². The number of ether oxygens (including phenoxy) is 1. The van der Waals surface area contributed by atoms with Gasteiger partial charge in [-0.2, -0.15) is 0 Å². The number of alkyl halides is 1. The Labute approximate surface area is 131 Å². The quantitative estimate of drug-likeness (QED) is 0.471. The van der Waals surface area contributed by atoms with Crippen molar-refractivity contribution in [1.29, 1.82) is 0 Å². The fraction of sp³-hybridized carbons (Fsp3) is 0.462. The molecule has 2 rings (SSSR count). The van der Waals surface area contributed by atoms with Gasteiger partial charge in [0, 0.05) is 18.4 Å². The van der Waals surface area contributed by atoms with Gasteiger partial charge in [0.1, 0.15) is 17.9 Å². The Balaban J connectivity index is 2.06. The van der Waals surface area contributed by atoms with Crippen LogP contribution in [0.15, 0.2) is 18.2 Å². The van der Waals surface area contributed by atoms with E-state index in [9.17, 15) is 14.9 Å². The second kappa shape index (κ2) is 7.00. The monoisotopic (exact) mass is 330 g/mol. The van der Waals surface area contributed by atoms with E-state index >= 15 is 0 Å². The zero-order chi connectivity index (χ0) is 15.4. The topological polar surface area (TPSA) is 72.7 Å².